The second-order valence-electron chi connectivity index (χ2n) is 5.52. The summed E-state index contributed by atoms with van der Waals surface area (Å²) in [6.45, 7) is 3.58. The Hall–Kier alpha value is -1.71. The summed E-state index contributed by atoms with van der Waals surface area (Å²) >= 11 is 0. The number of rotatable bonds is 6. The number of sulfone groups is 1. The van der Waals surface area contributed by atoms with Crippen LogP contribution in [0.1, 0.15) is 16.8 Å². The topological polar surface area (TPSA) is 101 Å². The Balaban J connectivity index is 2.34. The minimum Gasteiger partial charge on any atom is -0.355 e. The number of carbonyl (C=O) groups excluding carboxylic acids is 1. The first-order valence-corrected chi connectivity index (χ1v) is 10.6. The zero-order valence-electron chi connectivity index (χ0n) is 13.3. The molecule has 9 heteroatoms. The molecule has 1 aliphatic rings. The summed E-state index contributed by atoms with van der Waals surface area (Å²) in [4.78, 5) is 11.6. The van der Waals surface area contributed by atoms with Crippen molar-refractivity contribution in [2.75, 3.05) is 25.1 Å². The minimum absolute atomic E-state index is 0.0151. The summed E-state index contributed by atoms with van der Waals surface area (Å²) in [7, 11) is -5.61. The van der Waals surface area contributed by atoms with Crippen LogP contribution < -0.4 is 5.32 Å². The second kappa shape index (κ2) is 7.04. The van der Waals surface area contributed by atoms with Crippen molar-refractivity contribution >= 4 is 25.8 Å². The molecule has 132 valence electrons. The molecule has 1 N–H and O–H groups in total. The lowest BCUT2D eigenvalue weighted by molar-refractivity contribution is 0.0963. The summed E-state index contributed by atoms with van der Waals surface area (Å²) in [5, 5.41) is 2.46. The maximum absolute atomic E-state index is 12.9. The third kappa shape index (κ3) is 3.85. The summed E-state index contributed by atoms with van der Waals surface area (Å²) < 4.78 is 50.2. The van der Waals surface area contributed by atoms with Crippen LogP contribution in [-0.2, 0) is 19.9 Å². The molecule has 1 atom stereocenters. The first-order valence-electron chi connectivity index (χ1n) is 7.36. The number of nitrogens with zero attached hydrogens (tertiary/aromatic N) is 1. The number of nitrogens with one attached hydrogen (secondary N) is 1. The van der Waals surface area contributed by atoms with E-state index in [0.29, 0.717) is 5.56 Å². The molecule has 7 nitrogen and oxygen atoms in total. The van der Waals surface area contributed by atoms with E-state index in [1.54, 1.807) is 0 Å². The van der Waals surface area contributed by atoms with Gasteiger partial charge >= 0.3 is 0 Å². The van der Waals surface area contributed by atoms with Crippen molar-refractivity contribution in [1.82, 2.24) is 9.62 Å². The lowest BCUT2D eigenvalue weighted by Gasteiger charge is -2.26. The summed E-state index contributed by atoms with van der Waals surface area (Å²) in [5.41, 5.74) is 0.343. The van der Waals surface area contributed by atoms with Gasteiger partial charge in [-0.05, 0) is 30.7 Å². The maximum atomic E-state index is 12.9. The van der Waals surface area contributed by atoms with Gasteiger partial charge in [-0.25, -0.2) is 16.8 Å². The van der Waals surface area contributed by atoms with Gasteiger partial charge in [0.25, 0.3) is 5.91 Å². The Bertz CT molecular complexity index is 829. The molecule has 0 radical (unpaired) electrons. The molecule has 1 aromatic carbocycles. The van der Waals surface area contributed by atoms with E-state index in [0.717, 1.165) is 0 Å². The van der Waals surface area contributed by atoms with Gasteiger partial charge in [0, 0.05) is 25.2 Å². The molecule has 1 heterocycles. The molecule has 1 aromatic rings. The van der Waals surface area contributed by atoms with E-state index in [9.17, 15) is 21.6 Å². The summed E-state index contributed by atoms with van der Waals surface area (Å²) in [6.07, 6.45) is 1.70. The normalized spacial score (nSPS) is 20.0. The molecule has 0 bridgehead atoms. The fourth-order valence-electron chi connectivity index (χ4n) is 2.63. The van der Waals surface area contributed by atoms with Crippen molar-refractivity contribution in [2.45, 2.75) is 17.4 Å². The molecule has 0 aliphatic carbocycles. The van der Waals surface area contributed by atoms with E-state index in [1.807, 2.05) is 0 Å². The SMILES string of the molecule is C=CCN(C1CCS(=O)(=O)C1)S(=O)(=O)c1ccc(C(=O)NC)cc1. The lowest BCUT2D eigenvalue weighted by Crippen LogP contribution is -2.41. The Morgan fingerprint density at radius 1 is 1.38 bits per heavy atom. The van der Waals surface area contributed by atoms with Crippen LogP contribution in [0.3, 0.4) is 0 Å². The van der Waals surface area contributed by atoms with Crippen LogP contribution in [0.4, 0.5) is 0 Å². The van der Waals surface area contributed by atoms with Gasteiger partial charge in [0.05, 0.1) is 16.4 Å². The molecule has 1 saturated heterocycles. The largest absolute Gasteiger partial charge is 0.355 e. The quantitative estimate of drug-likeness (QED) is 0.729. The van der Waals surface area contributed by atoms with Crippen LogP contribution in [0.2, 0.25) is 0 Å². The van der Waals surface area contributed by atoms with Gasteiger partial charge in [-0.2, -0.15) is 4.31 Å². The van der Waals surface area contributed by atoms with Crippen LogP contribution in [0.25, 0.3) is 0 Å². The Morgan fingerprint density at radius 2 is 2.00 bits per heavy atom. The van der Waals surface area contributed by atoms with Crippen molar-refractivity contribution in [3.05, 3.63) is 42.5 Å². The Morgan fingerprint density at radius 3 is 2.46 bits per heavy atom. The highest BCUT2D eigenvalue weighted by Gasteiger charge is 2.38. The number of carbonyl (C=O) groups is 1. The zero-order valence-corrected chi connectivity index (χ0v) is 14.9. The monoisotopic (exact) mass is 372 g/mol. The van der Waals surface area contributed by atoms with E-state index >= 15 is 0 Å². The first-order chi connectivity index (χ1) is 11.2. The zero-order chi connectivity index (χ0) is 18.0. The standard InChI is InChI=1S/C15H20N2O5S2/c1-3-9-17(13-8-10-23(19,20)11-13)24(21,22)14-6-4-12(5-7-14)15(18)16-2/h3-7,13H,1,8-11H2,2H3,(H,16,18). The molecule has 0 spiro atoms. The van der Waals surface area contributed by atoms with Crippen molar-refractivity contribution in [1.29, 1.82) is 0 Å². The van der Waals surface area contributed by atoms with Crippen molar-refractivity contribution in [3.8, 4) is 0 Å². The molecular weight excluding hydrogens is 352 g/mol. The molecule has 1 unspecified atom stereocenters. The highest BCUT2D eigenvalue weighted by molar-refractivity contribution is 7.92. The number of benzene rings is 1. The molecule has 1 amide bonds. The molecule has 24 heavy (non-hydrogen) atoms. The van der Waals surface area contributed by atoms with Gasteiger partial charge in [0.1, 0.15) is 0 Å². The summed E-state index contributed by atoms with van der Waals surface area (Å²) in [5.74, 6) is -0.517. The fourth-order valence-corrected chi connectivity index (χ4v) is 6.08. The molecule has 0 aromatic heterocycles. The van der Waals surface area contributed by atoms with Crippen molar-refractivity contribution in [2.24, 2.45) is 0 Å². The lowest BCUT2D eigenvalue weighted by atomic mass is 10.2. The van der Waals surface area contributed by atoms with Gasteiger partial charge in [-0.15, -0.1) is 6.58 Å². The van der Waals surface area contributed by atoms with Gasteiger partial charge in [0.2, 0.25) is 10.0 Å². The average Bonchev–Trinajstić information content (AvgIpc) is 2.91. The van der Waals surface area contributed by atoms with Gasteiger partial charge in [-0.1, -0.05) is 6.08 Å². The number of hydrogen-bond donors (Lipinski definition) is 1. The fraction of sp³-hybridized carbons (Fsp3) is 0.400. The van der Waals surface area contributed by atoms with E-state index in [2.05, 4.69) is 11.9 Å². The van der Waals surface area contributed by atoms with E-state index < -0.39 is 25.9 Å². The van der Waals surface area contributed by atoms with E-state index in [-0.39, 0.29) is 35.3 Å². The minimum atomic E-state index is -3.88. The molecular formula is C15H20N2O5S2. The van der Waals surface area contributed by atoms with Crippen LogP contribution in [-0.4, -0.2) is 58.2 Å². The van der Waals surface area contributed by atoms with Gasteiger partial charge in [0.15, 0.2) is 9.84 Å². The van der Waals surface area contributed by atoms with Crippen LogP contribution in [0, 0.1) is 0 Å². The van der Waals surface area contributed by atoms with Crippen LogP contribution >= 0.6 is 0 Å². The maximum Gasteiger partial charge on any atom is 0.251 e. The van der Waals surface area contributed by atoms with Gasteiger partial charge in [-0.3, -0.25) is 4.79 Å². The van der Waals surface area contributed by atoms with Crippen molar-refractivity contribution in [3.63, 3.8) is 0 Å². The summed E-state index contributed by atoms with van der Waals surface area (Å²) in [6, 6.07) is 4.93. The second-order valence-corrected chi connectivity index (χ2v) is 9.64. The molecule has 2 rings (SSSR count). The number of amides is 1. The smallest absolute Gasteiger partial charge is 0.251 e. The average molecular weight is 372 g/mol. The highest BCUT2D eigenvalue weighted by Crippen LogP contribution is 2.25. The van der Waals surface area contributed by atoms with Crippen LogP contribution in [0.15, 0.2) is 41.8 Å². The predicted molar refractivity (Wildman–Crippen MR) is 91.0 cm³/mol. The Labute approximate surface area is 142 Å². The third-order valence-electron chi connectivity index (χ3n) is 3.87. The van der Waals surface area contributed by atoms with Crippen LogP contribution in [0.5, 0.6) is 0 Å². The highest BCUT2D eigenvalue weighted by atomic mass is 32.2. The van der Waals surface area contributed by atoms with E-state index in [4.69, 9.17) is 0 Å². The number of sulfonamides is 1. The molecule has 1 aliphatic heterocycles. The Kier molecular flexibility index (Phi) is 5.46. The van der Waals surface area contributed by atoms with E-state index in [1.165, 1.54) is 41.7 Å². The molecule has 0 saturated carbocycles. The first kappa shape index (κ1) is 18.6. The van der Waals surface area contributed by atoms with Crippen molar-refractivity contribution < 1.29 is 21.6 Å². The third-order valence-corrected chi connectivity index (χ3v) is 7.56. The predicted octanol–water partition coefficient (Wildman–Crippen LogP) is 0.410. The van der Waals surface area contributed by atoms with Gasteiger partial charge < -0.3 is 5.32 Å². The molecule has 1 fully saturated rings. The number of hydrogen-bond acceptors (Lipinski definition) is 5.